The Bertz CT molecular complexity index is 1060. The van der Waals surface area contributed by atoms with Gasteiger partial charge in [0, 0.05) is 24.7 Å². The Morgan fingerprint density at radius 2 is 1.50 bits per heavy atom. The van der Waals surface area contributed by atoms with E-state index in [1.165, 1.54) is 4.90 Å². The van der Waals surface area contributed by atoms with Crippen molar-refractivity contribution < 1.29 is 23.9 Å². The third-order valence-corrected chi connectivity index (χ3v) is 6.66. The van der Waals surface area contributed by atoms with Gasteiger partial charge in [0.1, 0.15) is 5.75 Å². The quantitative estimate of drug-likeness (QED) is 0.420. The van der Waals surface area contributed by atoms with Crippen molar-refractivity contribution in [2.45, 2.75) is 32.1 Å². The number of rotatable bonds is 4. The lowest BCUT2D eigenvalue weighted by Crippen LogP contribution is -2.31. The van der Waals surface area contributed by atoms with Gasteiger partial charge in [0.2, 0.25) is 17.7 Å². The van der Waals surface area contributed by atoms with Crippen LogP contribution in [0.5, 0.6) is 5.75 Å². The van der Waals surface area contributed by atoms with Gasteiger partial charge in [0.15, 0.2) is 0 Å². The van der Waals surface area contributed by atoms with E-state index >= 15 is 0 Å². The molecule has 3 fully saturated rings. The third kappa shape index (κ3) is 3.57. The highest BCUT2D eigenvalue weighted by Gasteiger charge is 2.48. The molecule has 0 N–H and O–H groups in total. The Morgan fingerprint density at radius 1 is 0.844 bits per heavy atom. The number of para-hydroxylation sites is 1. The maximum atomic E-state index is 12.9. The highest BCUT2D eigenvalue weighted by Crippen LogP contribution is 2.40. The molecule has 3 atom stereocenters. The maximum Gasteiger partial charge on any atom is 0.316 e. The Morgan fingerprint density at radius 3 is 2.19 bits per heavy atom. The molecule has 7 nitrogen and oxygen atoms in total. The standard InChI is InChI=1S/C25H24N2O5/c28-22-13-16(15-26(22)17-7-2-1-3-8-17)25(31)32-19-10-6-9-18(14-19)27-23(29)20-11-4-5-12-21(20)24(27)30/h1-3,6-10,14,16,20-21H,4-5,11-13,15H2/t16-,20-,21-/m1/s1. The molecule has 2 aliphatic heterocycles. The molecule has 2 aromatic carbocycles. The molecule has 3 amide bonds. The summed E-state index contributed by atoms with van der Waals surface area (Å²) in [4.78, 5) is 53.7. The molecule has 2 heterocycles. The van der Waals surface area contributed by atoms with Crippen LogP contribution in [0, 0.1) is 17.8 Å². The minimum absolute atomic E-state index is 0.0832. The molecule has 3 aliphatic rings. The lowest BCUT2D eigenvalue weighted by Gasteiger charge is -2.19. The van der Waals surface area contributed by atoms with E-state index < -0.39 is 11.9 Å². The van der Waals surface area contributed by atoms with Crippen molar-refractivity contribution in [3.63, 3.8) is 0 Å². The zero-order valence-electron chi connectivity index (χ0n) is 17.6. The highest BCUT2D eigenvalue weighted by molar-refractivity contribution is 6.22. The Kier molecular flexibility index (Phi) is 5.25. The zero-order chi connectivity index (χ0) is 22.2. The van der Waals surface area contributed by atoms with Crippen LogP contribution in [0.15, 0.2) is 54.6 Å². The first-order valence-electron chi connectivity index (χ1n) is 11.1. The second kappa shape index (κ2) is 8.22. The van der Waals surface area contributed by atoms with Gasteiger partial charge in [0.05, 0.1) is 23.4 Å². The lowest BCUT2D eigenvalue weighted by atomic mass is 9.81. The van der Waals surface area contributed by atoms with Gasteiger partial charge in [-0.25, -0.2) is 4.90 Å². The molecule has 7 heteroatoms. The fourth-order valence-corrected chi connectivity index (χ4v) is 5.03. The zero-order valence-corrected chi connectivity index (χ0v) is 17.6. The summed E-state index contributed by atoms with van der Waals surface area (Å²) in [6.07, 6.45) is 3.50. The topological polar surface area (TPSA) is 84.0 Å². The molecule has 32 heavy (non-hydrogen) atoms. The van der Waals surface area contributed by atoms with Crippen molar-refractivity contribution in [3.8, 4) is 5.75 Å². The molecule has 164 valence electrons. The number of benzene rings is 2. The van der Waals surface area contributed by atoms with Crippen LogP contribution in [0.4, 0.5) is 11.4 Å². The second-order valence-corrected chi connectivity index (χ2v) is 8.67. The summed E-state index contributed by atoms with van der Waals surface area (Å²) in [6, 6.07) is 15.7. The van der Waals surface area contributed by atoms with E-state index in [2.05, 4.69) is 0 Å². The molecule has 1 aliphatic carbocycles. The van der Waals surface area contributed by atoms with Gasteiger partial charge in [-0.05, 0) is 37.1 Å². The number of amides is 3. The first-order valence-corrected chi connectivity index (χ1v) is 11.1. The van der Waals surface area contributed by atoms with Crippen molar-refractivity contribution in [1.29, 1.82) is 0 Å². The number of imide groups is 1. The van der Waals surface area contributed by atoms with E-state index in [1.54, 1.807) is 29.2 Å². The van der Waals surface area contributed by atoms with Gasteiger partial charge < -0.3 is 9.64 Å². The van der Waals surface area contributed by atoms with Gasteiger partial charge in [-0.3, -0.25) is 19.2 Å². The maximum absolute atomic E-state index is 12.9. The molecule has 1 saturated carbocycles. The van der Waals surface area contributed by atoms with E-state index in [4.69, 9.17) is 4.74 Å². The van der Waals surface area contributed by atoms with Gasteiger partial charge in [0.25, 0.3) is 0 Å². The van der Waals surface area contributed by atoms with Crippen LogP contribution in [0.2, 0.25) is 0 Å². The number of carbonyl (C=O) groups is 4. The Hall–Kier alpha value is -3.48. The number of nitrogens with zero attached hydrogens (tertiary/aromatic N) is 2. The third-order valence-electron chi connectivity index (χ3n) is 6.66. The van der Waals surface area contributed by atoms with Gasteiger partial charge in [-0.1, -0.05) is 37.1 Å². The predicted octanol–water partition coefficient (Wildman–Crippen LogP) is 3.32. The van der Waals surface area contributed by atoms with E-state index in [1.807, 2.05) is 30.3 Å². The van der Waals surface area contributed by atoms with Crippen molar-refractivity contribution in [3.05, 3.63) is 54.6 Å². The summed E-state index contributed by atoms with van der Waals surface area (Å²) in [5.41, 5.74) is 1.18. The predicted molar refractivity (Wildman–Crippen MR) is 117 cm³/mol. The number of fused-ring (bicyclic) bond motifs is 1. The van der Waals surface area contributed by atoms with Crippen LogP contribution in [0.25, 0.3) is 0 Å². The van der Waals surface area contributed by atoms with Crippen LogP contribution in [0.1, 0.15) is 32.1 Å². The molecular weight excluding hydrogens is 408 g/mol. The summed E-state index contributed by atoms with van der Waals surface area (Å²) in [5.74, 6) is -1.75. The number of anilines is 2. The van der Waals surface area contributed by atoms with Gasteiger partial charge in [-0.15, -0.1) is 0 Å². The number of ether oxygens (including phenoxy) is 1. The number of hydrogen-bond donors (Lipinski definition) is 0. The molecule has 5 rings (SSSR count). The van der Waals surface area contributed by atoms with Crippen molar-refractivity contribution in [2.75, 3.05) is 16.3 Å². The van der Waals surface area contributed by atoms with E-state index in [9.17, 15) is 19.2 Å². The Balaban J connectivity index is 1.29. The molecule has 0 bridgehead atoms. The molecular formula is C25H24N2O5. The number of carbonyl (C=O) groups excluding carboxylic acids is 4. The van der Waals surface area contributed by atoms with Crippen LogP contribution in [0.3, 0.4) is 0 Å². The van der Waals surface area contributed by atoms with Crippen LogP contribution < -0.4 is 14.5 Å². The number of esters is 1. The summed E-state index contributed by atoms with van der Waals surface area (Å²) < 4.78 is 5.55. The SMILES string of the molecule is O=C(Oc1cccc(N2C(=O)[C@@H]3CCCC[C@H]3C2=O)c1)[C@@H]1CC(=O)N(c2ccccc2)C1. The largest absolute Gasteiger partial charge is 0.426 e. The first-order chi connectivity index (χ1) is 15.5. The minimum atomic E-state index is -0.579. The summed E-state index contributed by atoms with van der Waals surface area (Å²) in [6.45, 7) is 0.258. The molecule has 0 spiro atoms. The van der Waals surface area contributed by atoms with Crippen LogP contribution >= 0.6 is 0 Å². The van der Waals surface area contributed by atoms with Crippen LogP contribution in [-0.4, -0.2) is 30.2 Å². The fourth-order valence-electron chi connectivity index (χ4n) is 5.03. The fraction of sp³-hybridized carbons (Fsp3) is 0.360. The van der Waals surface area contributed by atoms with Crippen molar-refractivity contribution in [1.82, 2.24) is 0 Å². The minimum Gasteiger partial charge on any atom is -0.426 e. The first kappa shape index (κ1) is 20.4. The highest BCUT2D eigenvalue weighted by atomic mass is 16.5. The molecule has 0 unspecified atom stereocenters. The van der Waals surface area contributed by atoms with Gasteiger partial charge in [-0.2, -0.15) is 0 Å². The average molecular weight is 432 g/mol. The summed E-state index contributed by atoms with van der Waals surface area (Å²) in [5, 5.41) is 0. The Labute approximate surface area is 185 Å². The van der Waals surface area contributed by atoms with E-state index in [0.717, 1.165) is 31.4 Å². The van der Waals surface area contributed by atoms with E-state index in [0.29, 0.717) is 5.69 Å². The summed E-state index contributed by atoms with van der Waals surface area (Å²) >= 11 is 0. The summed E-state index contributed by atoms with van der Waals surface area (Å²) in [7, 11) is 0. The average Bonchev–Trinajstić information content (AvgIpc) is 3.32. The normalized spacial score (nSPS) is 25.2. The van der Waals surface area contributed by atoms with Gasteiger partial charge >= 0.3 is 5.97 Å². The second-order valence-electron chi connectivity index (χ2n) is 8.67. The van der Waals surface area contributed by atoms with Crippen molar-refractivity contribution in [2.24, 2.45) is 17.8 Å². The van der Waals surface area contributed by atoms with Crippen molar-refractivity contribution >= 4 is 35.1 Å². The number of hydrogen-bond acceptors (Lipinski definition) is 5. The monoisotopic (exact) mass is 432 g/mol. The smallest absolute Gasteiger partial charge is 0.316 e. The molecule has 2 aromatic rings. The van der Waals surface area contributed by atoms with Crippen LogP contribution in [-0.2, 0) is 19.2 Å². The molecule has 0 radical (unpaired) electrons. The van der Waals surface area contributed by atoms with E-state index in [-0.39, 0.29) is 48.3 Å². The molecule has 0 aromatic heterocycles. The molecule has 2 saturated heterocycles. The lowest BCUT2D eigenvalue weighted by molar-refractivity contribution is -0.139.